The Balaban J connectivity index is 2.29. The van der Waals surface area contributed by atoms with E-state index in [1.54, 1.807) is 12.1 Å². The van der Waals surface area contributed by atoms with Crippen molar-refractivity contribution < 1.29 is 19.4 Å². The van der Waals surface area contributed by atoms with Crippen LogP contribution in [0.5, 0.6) is 0 Å². The van der Waals surface area contributed by atoms with Crippen molar-refractivity contribution in [2.45, 2.75) is 32.4 Å². The molecule has 0 aromatic heterocycles. The molecule has 0 bridgehead atoms. The Morgan fingerprint density at radius 2 is 1.73 bits per heavy atom. The molecule has 0 fully saturated rings. The van der Waals surface area contributed by atoms with Crippen LogP contribution in [0.1, 0.15) is 31.4 Å². The van der Waals surface area contributed by atoms with Gasteiger partial charge in [0.2, 0.25) is 0 Å². The average Bonchev–Trinajstić information content (AvgIpc) is 2.65. The number of rotatable bonds is 7. The van der Waals surface area contributed by atoms with E-state index in [1.807, 2.05) is 49.4 Å². The molecule has 0 saturated heterocycles. The Labute approximate surface area is 167 Å². The number of ether oxygens (including phenoxy) is 1. The molecule has 1 unspecified atom stereocenters. The van der Waals surface area contributed by atoms with Crippen LogP contribution < -0.4 is 0 Å². The summed E-state index contributed by atoms with van der Waals surface area (Å²) in [6.07, 6.45) is -0.0209. The van der Waals surface area contributed by atoms with Gasteiger partial charge in [-0.3, -0.25) is 4.90 Å². The number of benzene rings is 2. The quantitative estimate of drug-likeness (QED) is 0.603. The highest BCUT2D eigenvalue weighted by atomic mass is 127. The minimum atomic E-state index is -1.51. The lowest BCUT2D eigenvalue weighted by atomic mass is 9.90. The summed E-state index contributed by atoms with van der Waals surface area (Å²) in [7, 11) is 0. The third-order valence-electron chi connectivity index (χ3n) is 4.24. The van der Waals surface area contributed by atoms with E-state index < -0.39 is 17.6 Å². The zero-order valence-corrected chi connectivity index (χ0v) is 17.0. The van der Waals surface area contributed by atoms with E-state index in [-0.39, 0.29) is 13.2 Å². The van der Waals surface area contributed by atoms with E-state index in [4.69, 9.17) is 4.74 Å². The monoisotopic (exact) mass is 467 g/mol. The van der Waals surface area contributed by atoms with Gasteiger partial charge in [0.25, 0.3) is 0 Å². The fourth-order valence-corrected chi connectivity index (χ4v) is 3.05. The molecule has 5 nitrogen and oxygen atoms in total. The van der Waals surface area contributed by atoms with Gasteiger partial charge in [-0.25, -0.2) is 9.59 Å². The summed E-state index contributed by atoms with van der Waals surface area (Å²) in [4.78, 5) is 26.2. The van der Waals surface area contributed by atoms with Gasteiger partial charge in [0.05, 0.1) is 0 Å². The molecule has 0 radical (unpaired) electrons. The van der Waals surface area contributed by atoms with Gasteiger partial charge in [0, 0.05) is 10.1 Å². The molecule has 1 N–H and O–H groups in total. The van der Waals surface area contributed by atoms with Gasteiger partial charge in [0.1, 0.15) is 6.61 Å². The molecule has 0 aliphatic heterocycles. The van der Waals surface area contributed by atoms with Crippen LogP contribution in [0.2, 0.25) is 0 Å². The van der Waals surface area contributed by atoms with Crippen LogP contribution in [0, 0.1) is 3.57 Å². The molecule has 26 heavy (non-hydrogen) atoms. The fraction of sp³-hybridized carbons (Fsp3) is 0.300. The molecule has 2 rings (SSSR count). The zero-order chi connectivity index (χ0) is 19.2. The highest BCUT2D eigenvalue weighted by molar-refractivity contribution is 14.1. The molecule has 0 saturated carbocycles. The van der Waals surface area contributed by atoms with Crippen molar-refractivity contribution in [1.29, 1.82) is 0 Å². The summed E-state index contributed by atoms with van der Waals surface area (Å²) in [5.41, 5.74) is -0.118. The van der Waals surface area contributed by atoms with Crippen molar-refractivity contribution in [3.05, 3.63) is 69.3 Å². The molecule has 138 valence electrons. The molecule has 6 heteroatoms. The second-order valence-corrected chi connectivity index (χ2v) is 7.32. The largest absolute Gasteiger partial charge is 0.479 e. The summed E-state index contributed by atoms with van der Waals surface area (Å²) in [5, 5.41) is 9.94. The first-order valence-electron chi connectivity index (χ1n) is 8.37. The average molecular weight is 467 g/mol. The van der Waals surface area contributed by atoms with E-state index in [9.17, 15) is 14.7 Å². The third kappa shape index (κ3) is 4.55. The number of amides is 1. The number of hydrogen-bond donors (Lipinski definition) is 1. The molecule has 2 aromatic carbocycles. The number of halogens is 1. The Morgan fingerprint density at radius 1 is 1.12 bits per heavy atom. The molecule has 1 amide bonds. The van der Waals surface area contributed by atoms with Crippen LogP contribution >= 0.6 is 22.6 Å². The molecule has 0 aliphatic carbocycles. The van der Waals surface area contributed by atoms with E-state index in [1.165, 1.54) is 11.8 Å². The number of hydrogen-bond acceptors (Lipinski definition) is 3. The minimum absolute atomic E-state index is 0.0995. The van der Waals surface area contributed by atoms with Crippen LogP contribution in [0.3, 0.4) is 0 Å². The maximum atomic E-state index is 12.7. The zero-order valence-electron chi connectivity index (χ0n) is 14.8. The first-order valence-corrected chi connectivity index (χ1v) is 9.45. The maximum Gasteiger partial charge on any atom is 0.411 e. The van der Waals surface area contributed by atoms with Gasteiger partial charge >= 0.3 is 12.1 Å². The van der Waals surface area contributed by atoms with Crippen LogP contribution in [0.15, 0.2) is 54.6 Å². The lowest BCUT2D eigenvalue weighted by Crippen LogP contribution is -2.53. The fourth-order valence-electron chi connectivity index (χ4n) is 2.69. The predicted octanol–water partition coefficient (Wildman–Crippen LogP) is 4.64. The van der Waals surface area contributed by atoms with E-state index in [0.29, 0.717) is 12.0 Å². The second kappa shape index (κ2) is 9.02. The van der Waals surface area contributed by atoms with Gasteiger partial charge in [-0.15, -0.1) is 0 Å². The summed E-state index contributed by atoms with van der Waals surface area (Å²) >= 11 is 2.16. The number of carboxylic acids is 1. The van der Waals surface area contributed by atoms with Gasteiger partial charge in [-0.05, 0) is 59.2 Å². The van der Waals surface area contributed by atoms with Gasteiger partial charge in [-0.2, -0.15) is 0 Å². The Kier molecular flexibility index (Phi) is 7.02. The lowest BCUT2D eigenvalue weighted by molar-refractivity contribution is -0.150. The van der Waals surface area contributed by atoms with Crippen molar-refractivity contribution in [3.8, 4) is 0 Å². The number of aliphatic carboxylic acids is 1. The Bertz CT molecular complexity index is 748. The normalized spacial score (nSPS) is 12.9. The Hall–Kier alpha value is -2.09. The van der Waals surface area contributed by atoms with E-state index in [0.717, 1.165) is 9.13 Å². The summed E-state index contributed by atoms with van der Waals surface area (Å²) in [6, 6.07) is 16.5. The van der Waals surface area contributed by atoms with Crippen LogP contribution in [-0.4, -0.2) is 28.6 Å². The molecular weight excluding hydrogens is 445 g/mol. The standard InChI is InChI=1S/C20H22INO4/c1-3-13-22(19(25)26-14-15-7-5-4-6-8-15)20(2,18(23)24)16-9-11-17(21)12-10-16/h4-12H,3,13-14H2,1-2H3,(H,23,24). The number of carboxylic acid groups (broad SMARTS) is 1. The topological polar surface area (TPSA) is 66.8 Å². The van der Waals surface area contributed by atoms with Crippen LogP contribution in [0.25, 0.3) is 0 Å². The Morgan fingerprint density at radius 3 is 2.27 bits per heavy atom. The highest BCUT2D eigenvalue weighted by Gasteiger charge is 2.44. The van der Waals surface area contributed by atoms with E-state index >= 15 is 0 Å². The number of carbonyl (C=O) groups is 2. The first kappa shape index (κ1) is 20.2. The van der Waals surface area contributed by atoms with E-state index in [2.05, 4.69) is 22.6 Å². The molecular formula is C20H22INO4. The SMILES string of the molecule is CCCN(C(=O)OCc1ccccc1)C(C)(C(=O)O)c1ccc(I)cc1. The minimum Gasteiger partial charge on any atom is -0.479 e. The third-order valence-corrected chi connectivity index (χ3v) is 4.95. The molecule has 0 aliphatic rings. The van der Waals surface area contributed by atoms with Crippen LogP contribution in [-0.2, 0) is 21.7 Å². The van der Waals surface area contributed by atoms with Crippen molar-refractivity contribution in [3.63, 3.8) is 0 Å². The number of nitrogens with zero attached hydrogens (tertiary/aromatic N) is 1. The van der Waals surface area contributed by atoms with Gasteiger partial charge in [-0.1, -0.05) is 49.4 Å². The summed E-state index contributed by atoms with van der Waals surface area (Å²) < 4.78 is 6.40. The molecule has 0 spiro atoms. The van der Waals surface area contributed by atoms with Crippen molar-refractivity contribution in [1.82, 2.24) is 4.90 Å². The second-order valence-electron chi connectivity index (χ2n) is 6.08. The maximum absolute atomic E-state index is 12.7. The predicted molar refractivity (Wildman–Crippen MR) is 108 cm³/mol. The molecule has 1 atom stereocenters. The van der Waals surface area contributed by atoms with Crippen molar-refractivity contribution >= 4 is 34.7 Å². The van der Waals surface area contributed by atoms with Gasteiger partial charge in [0.15, 0.2) is 5.54 Å². The molecule has 2 aromatic rings. The lowest BCUT2D eigenvalue weighted by Gasteiger charge is -2.37. The smallest absolute Gasteiger partial charge is 0.411 e. The summed E-state index contributed by atoms with van der Waals surface area (Å²) in [6.45, 7) is 3.81. The van der Waals surface area contributed by atoms with Crippen molar-refractivity contribution in [2.24, 2.45) is 0 Å². The first-order chi connectivity index (χ1) is 12.4. The van der Waals surface area contributed by atoms with Crippen LogP contribution in [0.4, 0.5) is 4.79 Å². The molecule has 0 heterocycles. The highest BCUT2D eigenvalue weighted by Crippen LogP contribution is 2.30. The summed E-state index contributed by atoms with van der Waals surface area (Å²) in [5.74, 6) is -1.09. The number of carbonyl (C=O) groups excluding carboxylic acids is 1. The van der Waals surface area contributed by atoms with Gasteiger partial charge < -0.3 is 9.84 Å². The van der Waals surface area contributed by atoms with Crippen molar-refractivity contribution in [2.75, 3.05) is 6.54 Å².